The Kier molecular flexibility index (Phi) is 10.2. The molecule has 1 aromatic rings. The Morgan fingerprint density at radius 3 is 2.81 bits per heavy atom. The van der Waals surface area contributed by atoms with Gasteiger partial charge in [-0.05, 0) is 43.4 Å². The van der Waals surface area contributed by atoms with Crippen LogP contribution in [0.3, 0.4) is 0 Å². The molecule has 0 bridgehead atoms. The minimum atomic E-state index is -0.281. The summed E-state index contributed by atoms with van der Waals surface area (Å²) in [5.41, 5.74) is 7.50. The first-order valence-electron chi connectivity index (χ1n) is 9.04. The number of hydrogen-bond acceptors (Lipinski definition) is 3. The van der Waals surface area contributed by atoms with Crippen molar-refractivity contribution in [1.29, 1.82) is 0 Å². The monoisotopic (exact) mass is 479 g/mol. The lowest BCUT2D eigenvalue weighted by Gasteiger charge is -2.20. The van der Waals surface area contributed by atoms with Crippen LogP contribution < -0.4 is 15.8 Å². The molecule has 26 heavy (non-hydrogen) atoms. The Balaban J connectivity index is 0.00000338. The van der Waals surface area contributed by atoms with Crippen molar-refractivity contribution in [3.63, 3.8) is 0 Å². The molecule has 0 spiro atoms. The highest BCUT2D eigenvalue weighted by atomic mass is 127. The molecular weight excluding hydrogens is 448 g/mol. The lowest BCUT2D eigenvalue weighted by atomic mass is 10.0. The van der Waals surface area contributed by atoms with Crippen LogP contribution in [0.4, 0.5) is 4.39 Å². The molecule has 0 amide bonds. The lowest BCUT2D eigenvalue weighted by molar-refractivity contribution is -0.0172. The molecule has 7 heteroatoms. The Morgan fingerprint density at radius 1 is 1.31 bits per heavy atom. The van der Waals surface area contributed by atoms with Crippen LogP contribution in [0, 0.1) is 11.7 Å². The topological polar surface area (TPSA) is 68.9 Å². The molecule has 1 aliphatic heterocycles. The molecule has 1 aromatic carbocycles. The van der Waals surface area contributed by atoms with Crippen molar-refractivity contribution in [3.05, 3.63) is 29.1 Å². The highest BCUT2D eigenvalue weighted by Crippen LogP contribution is 2.29. The van der Waals surface area contributed by atoms with Crippen molar-refractivity contribution >= 4 is 29.9 Å². The summed E-state index contributed by atoms with van der Waals surface area (Å²) in [7, 11) is 0. The van der Waals surface area contributed by atoms with Gasteiger partial charge < -0.3 is 20.5 Å². The van der Waals surface area contributed by atoms with E-state index in [1.54, 1.807) is 0 Å². The summed E-state index contributed by atoms with van der Waals surface area (Å²) in [6.07, 6.45) is 4.04. The first kappa shape index (κ1) is 23.0. The maximum Gasteiger partial charge on any atom is 0.189 e. The number of nitrogens with one attached hydrogen (secondary N) is 1. The number of ether oxygens (including phenoxy) is 2. The van der Waals surface area contributed by atoms with Gasteiger partial charge >= 0.3 is 0 Å². The molecule has 148 valence electrons. The summed E-state index contributed by atoms with van der Waals surface area (Å²) < 4.78 is 24.4. The molecule has 0 saturated heterocycles. The largest absolute Gasteiger partial charge is 0.467 e. The predicted octanol–water partition coefficient (Wildman–Crippen LogP) is 3.97. The van der Waals surface area contributed by atoms with E-state index >= 15 is 0 Å². The van der Waals surface area contributed by atoms with Crippen LogP contribution in [-0.2, 0) is 17.8 Å². The van der Waals surface area contributed by atoms with E-state index < -0.39 is 0 Å². The number of rotatable bonds is 8. The molecule has 0 aliphatic carbocycles. The molecule has 1 atom stereocenters. The standard InChI is InChI=1S/C19H30FN3O2.HI/c1-13(2)5-4-6-14(3)23-19(21)22-8-7-15-9-17(20)10-16-11-24-12-25-18(15)16;/h9-10,13-14H,4-8,11-12H2,1-3H3,(H3,21,22,23);1H. The zero-order chi connectivity index (χ0) is 18.2. The number of guanidine groups is 1. The molecule has 0 aromatic heterocycles. The van der Waals surface area contributed by atoms with Gasteiger partial charge in [0.1, 0.15) is 11.6 Å². The first-order valence-corrected chi connectivity index (χ1v) is 9.04. The average Bonchev–Trinajstić information content (AvgIpc) is 2.54. The van der Waals surface area contributed by atoms with Crippen molar-refractivity contribution in [1.82, 2.24) is 5.32 Å². The van der Waals surface area contributed by atoms with E-state index in [0.29, 0.717) is 31.6 Å². The van der Waals surface area contributed by atoms with Gasteiger partial charge in [-0.3, -0.25) is 4.99 Å². The Bertz CT molecular complexity index is 596. The highest BCUT2D eigenvalue weighted by molar-refractivity contribution is 14.0. The zero-order valence-corrected chi connectivity index (χ0v) is 18.2. The smallest absolute Gasteiger partial charge is 0.189 e. The van der Waals surface area contributed by atoms with E-state index in [2.05, 4.69) is 31.1 Å². The number of nitrogens with two attached hydrogens (primary N) is 1. The maximum absolute atomic E-state index is 13.7. The van der Waals surface area contributed by atoms with Crippen LogP contribution >= 0.6 is 24.0 Å². The predicted molar refractivity (Wildman–Crippen MR) is 114 cm³/mol. The third-order valence-electron chi connectivity index (χ3n) is 4.23. The fourth-order valence-electron chi connectivity index (χ4n) is 2.94. The highest BCUT2D eigenvalue weighted by Gasteiger charge is 2.16. The molecule has 2 rings (SSSR count). The number of benzene rings is 1. The van der Waals surface area contributed by atoms with Crippen molar-refractivity contribution in [2.45, 2.75) is 59.1 Å². The molecule has 1 heterocycles. The number of halogens is 2. The third kappa shape index (κ3) is 7.65. The van der Waals surface area contributed by atoms with Gasteiger partial charge in [-0.15, -0.1) is 24.0 Å². The van der Waals surface area contributed by atoms with Gasteiger partial charge in [-0.25, -0.2) is 4.39 Å². The van der Waals surface area contributed by atoms with E-state index in [1.165, 1.54) is 25.0 Å². The van der Waals surface area contributed by atoms with E-state index in [9.17, 15) is 4.39 Å². The van der Waals surface area contributed by atoms with Gasteiger partial charge in [0, 0.05) is 18.2 Å². The molecule has 0 fully saturated rings. The van der Waals surface area contributed by atoms with Crippen molar-refractivity contribution in [3.8, 4) is 5.75 Å². The van der Waals surface area contributed by atoms with Crippen LogP contribution in [-0.4, -0.2) is 25.3 Å². The van der Waals surface area contributed by atoms with Crippen molar-refractivity contribution < 1.29 is 13.9 Å². The first-order chi connectivity index (χ1) is 12.0. The lowest BCUT2D eigenvalue weighted by Crippen LogP contribution is -2.38. The normalized spacial score (nSPS) is 15.0. The number of aliphatic imine (C=N–C) groups is 1. The van der Waals surface area contributed by atoms with Gasteiger partial charge in [-0.2, -0.15) is 0 Å². The summed E-state index contributed by atoms with van der Waals surface area (Å²) in [4.78, 5) is 4.36. The minimum absolute atomic E-state index is 0. The SMILES string of the molecule is CC(C)CCCC(C)NC(N)=NCCc1cc(F)cc2c1OCOC2.I. The maximum atomic E-state index is 13.7. The Morgan fingerprint density at radius 2 is 2.08 bits per heavy atom. The van der Waals surface area contributed by atoms with E-state index in [-0.39, 0.29) is 36.6 Å². The fourth-order valence-corrected chi connectivity index (χ4v) is 2.94. The fraction of sp³-hybridized carbons (Fsp3) is 0.632. The molecule has 1 aliphatic rings. The van der Waals surface area contributed by atoms with E-state index in [4.69, 9.17) is 15.2 Å². The van der Waals surface area contributed by atoms with Gasteiger partial charge in [-0.1, -0.05) is 26.7 Å². The average molecular weight is 479 g/mol. The number of fused-ring (bicyclic) bond motifs is 1. The summed E-state index contributed by atoms with van der Waals surface area (Å²) >= 11 is 0. The van der Waals surface area contributed by atoms with Gasteiger partial charge in [0.15, 0.2) is 12.8 Å². The van der Waals surface area contributed by atoms with Crippen LogP contribution in [0.5, 0.6) is 5.75 Å². The number of hydrogen-bond donors (Lipinski definition) is 2. The van der Waals surface area contributed by atoms with Gasteiger partial charge in [0.25, 0.3) is 0 Å². The van der Waals surface area contributed by atoms with Crippen molar-refractivity contribution in [2.24, 2.45) is 16.6 Å². The summed E-state index contributed by atoms with van der Waals surface area (Å²) in [5.74, 6) is 1.60. The Hall–Kier alpha value is -1.09. The quantitative estimate of drug-likeness (QED) is 0.337. The second kappa shape index (κ2) is 11.6. The van der Waals surface area contributed by atoms with Crippen LogP contribution in [0.1, 0.15) is 51.2 Å². The second-order valence-electron chi connectivity index (χ2n) is 7.05. The molecular formula is C19H31FIN3O2. The zero-order valence-electron chi connectivity index (χ0n) is 15.9. The summed E-state index contributed by atoms with van der Waals surface area (Å²) in [6, 6.07) is 3.25. The van der Waals surface area contributed by atoms with Gasteiger partial charge in [0.05, 0.1) is 6.61 Å². The molecule has 0 saturated carbocycles. The van der Waals surface area contributed by atoms with Gasteiger partial charge in [0.2, 0.25) is 0 Å². The minimum Gasteiger partial charge on any atom is -0.467 e. The molecule has 1 unspecified atom stereocenters. The van der Waals surface area contributed by atoms with Crippen LogP contribution in [0.25, 0.3) is 0 Å². The molecule has 5 nitrogen and oxygen atoms in total. The Labute approximate surface area is 172 Å². The summed E-state index contributed by atoms with van der Waals surface area (Å²) in [5, 5.41) is 3.22. The molecule has 0 radical (unpaired) electrons. The summed E-state index contributed by atoms with van der Waals surface area (Å²) in [6.45, 7) is 7.63. The van der Waals surface area contributed by atoms with Crippen LogP contribution in [0.2, 0.25) is 0 Å². The van der Waals surface area contributed by atoms with Crippen molar-refractivity contribution in [2.75, 3.05) is 13.3 Å². The second-order valence-corrected chi connectivity index (χ2v) is 7.05. The number of nitrogens with zero attached hydrogens (tertiary/aromatic N) is 1. The molecule has 3 N–H and O–H groups in total. The van der Waals surface area contributed by atoms with E-state index in [0.717, 1.165) is 29.2 Å². The van der Waals surface area contributed by atoms with E-state index in [1.807, 2.05) is 0 Å². The third-order valence-corrected chi connectivity index (χ3v) is 4.23. The van der Waals surface area contributed by atoms with Crippen LogP contribution in [0.15, 0.2) is 17.1 Å².